The standard InChI is InChI=1S/C11H11FO3/c12-10-4-1-7(11(13)14)5-8(10)6-15-9-2-3-9/h1,4-5,9H,2-3,6H2,(H,13,14). The van der Waals surface area contributed by atoms with Crippen molar-refractivity contribution in [1.82, 2.24) is 0 Å². The average Bonchev–Trinajstić information content (AvgIpc) is 3.00. The maximum atomic E-state index is 13.2. The van der Waals surface area contributed by atoms with Gasteiger partial charge in [-0.25, -0.2) is 9.18 Å². The second-order valence-corrected chi connectivity index (χ2v) is 3.62. The molecule has 80 valence electrons. The predicted octanol–water partition coefficient (Wildman–Crippen LogP) is 2.20. The molecule has 0 unspecified atom stereocenters. The van der Waals surface area contributed by atoms with Crippen LogP contribution in [-0.2, 0) is 11.3 Å². The van der Waals surface area contributed by atoms with Gasteiger partial charge >= 0.3 is 5.97 Å². The summed E-state index contributed by atoms with van der Waals surface area (Å²) < 4.78 is 18.6. The molecule has 1 aliphatic carbocycles. The Labute approximate surface area is 86.5 Å². The number of hydrogen-bond acceptors (Lipinski definition) is 2. The number of carboxylic acid groups (broad SMARTS) is 1. The van der Waals surface area contributed by atoms with Crippen molar-refractivity contribution in [3.63, 3.8) is 0 Å². The van der Waals surface area contributed by atoms with Crippen LogP contribution >= 0.6 is 0 Å². The first-order chi connectivity index (χ1) is 7.16. The molecule has 0 aromatic heterocycles. The Morgan fingerprint density at radius 3 is 2.87 bits per heavy atom. The molecule has 0 amide bonds. The molecular formula is C11H11FO3. The number of hydrogen-bond donors (Lipinski definition) is 1. The van der Waals surface area contributed by atoms with Crippen molar-refractivity contribution in [3.05, 3.63) is 35.1 Å². The lowest BCUT2D eigenvalue weighted by molar-refractivity contribution is 0.0696. The zero-order valence-corrected chi connectivity index (χ0v) is 8.07. The van der Waals surface area contributed by atoms with Gasteiger partial charge in [0.2, 0.25) is 0 Å². The molecule has 0 bridgehead atoms. The Morgan fingerprint density at radius 1 is 1.53 bits per heavy atom. The largest absolute Gasteiger partial charge is 0.478 e. The first-order valence-electron chi connectivity index (χ1n) is 4.80. The van der Waals surface area contributed by atoms with Crippen LogP contribution in [-0.4, -0.2) is 17.2 Å². The van der Waals surface area contributed by atoms with Gasteiger partial charge in [-0.3, -0.25) is 0 Å². The van der Waals surface area contributed by atoms with E-state index in [1.807, 2.05) is 0 Å². The lowest BCUT2D eigenvalue weighted by Crippen LogP contribution is -2.02. The number of aromatic carboxylic acids is 1. The summed E-state index contributed by atoms with van der Waals surface area (Å²) in [6, 6.07) is 3.73. The molecule has 1 aromatic rings. The van der Waals surface area contributed by atoms with Crippen LogP contribution in [0, 0.1) is 5.82 Å². The highest BCUT2D eigenvalue weighted by atomic mass is 19.1. The van der Waals surface area contributed by atoms with Gasteiger partial charge < -0.3 is 9.84 Å². The maximum absolute atomic E-state index is 13.2. The van der Waals surface area contributed by atoms with Crippen LogP contribution < -0.4 is 0 Å². The van der Waals surface area contributed by atoms with Gasteiger partial charge in [-0.2, -0.15) is 0 Å². The van der Waals surface area contributed by atoms with E-state index in [0.717, 1.165) is 18.9 Å². The molecule has 0 radical (unpaired) electrons. The Bertz CT molecular complexity index is 385. The van der Waals surface area contributed by atoms with Gasteiger partial charge in [0, 0.05) is 5.56 Å². The number of ether oxygens (including phenoxy) is 1. The van der Waals surface area contributed by atoms with Crippen molar-refractivity contribution in [2.75, 3.05) is 0 Å². The van der Waals surface area contributed by atoms with Crippen molar-refractivity contribution >= 4 is 5.97 Å². The molecule has 15 heavy (non-hydrogen) atoms. The lowest BCUT2D eigenvalue weighted by Gasteiger charge is -2.05. The average molecular weight is 210 g/mol. The number of benzene rings is 1. The summed E-state index contributed by atoms with van der Waals surface area (Å²) in [5.41, 5.74) is 0.396. The van der Waals surface area contributed by atoms with E-state index in [0.29, 0.717) is 5.56 Å². The van der Waals surface area contributed by atoms with Crippen LogP contribution in [0.2, 0.25) is 0 Å². The molecule has 0 heterocycles. The highest BCUT2D eigenvalue weighted by Gasteiger charge is 2.22. The fourth-order valence-corrected chi connectivity index (χ4v) is 1.26. The third kappa shape index (κ3) is 2.53. The van der Waals surface area contributed by atoms with Crippen LogP contribution in [0.4, 0.5) is 4.39 Å². The molecule has 0 aliphatic heterocycles. The predicted molar refractivity (Wildman–Crippen MR) is 51.2 cm³/mol. The fourth-order valence-electron chi connectivity index (χ4n) is 1.26. The van der Waals surface area contributed by atoms with E-state index in [2.05, 4.69) is 0 Å². The minimum Gasteiger partial charge on any atom is -0.478 e. The van der Waals surface area contributed by atoms with E-state index in [-0.39, 0.29) is 18.3 Å². The minimum atomic E-state index is -1.05. The summed E-state index contributed by atoms with van der Waals surface area (Å²) in [5, 5.41) is 8.73. The zero-order valence-electron chi connectivity index (χ0n) is 8.07. The third-order valence-electron chi connectivity index (χ3n) is 2.29. The Balaban J connectivity index is 2.12. The van der Waals surface area contributed by atoms with Crippen molar-refractivity contribution in [3.8, 4) is 0 Å². The van der Waals surface area contributed by atoms with Crippen molar-refractivity contribution in [2.24, 2.45) is 0 Å². The van der Waals surface area contributed by atoms with Gasteiger partial charge in [-0.15, -0.1) is 0 Å². The lowest BCUT2D eigenvalue weighted by atomic mass is 10.1. The Morgan fingerprint density at radius 2 is 2.27 bits per heavy atom. The second-order valence-electron chi connectivity index (χ2n) is 3.62. The third-order valence-corrected chi connectivity index (χ3v) is 2.29. The SMILES string of the molecule is O=C(O)c1ccc(F)c(COC2CC2)c1. The Hall–Kier alpha value is -1.42. The monoisotopic (exact) mass is 210 g/mol. The summed E-state index contributed by atoms with van der Waals surface area (Å²) in [5.74, 6) is -1.47. The molecule has 1 fully saturated rings. The number of rotatable bonds is 4. The van der Waals surface area contributed by atoms with Crippen LogP contribution in [0.5, 0.6) is 0 Å². The minimum absolute atomic E-state index is 0.0887. The quantitative estimate of drug-likeness (QED) is 0.828. The molecule has 1 saturated carbocycles. The van der Waals surface area contributed by atoms with E-state index in [4.69, 9.17) is 9.84 Å². The molecular weight excluding hydrogens is 199 g/mol. The van der Waals surface area contributed by atoms with Gasteiger partial charge in [0.1, 0.15) is 5.82 Å². The van der Waals surface area contributed by atoms with E-state index in [9.17, 15) is 9.18 Å². The smallest absolute Gasteiger partial charge is 0.335 e. The molecule has 0 saturated heterocycles. The molecule has 4 heteroatoms. The summed E-state index contributed by atoms with van der Waals surface area (Å²) >= 11 is 0. The van der Waals surface area contributed by atoms with Crippen molar-refractivity contribution in [2.45, 2.75) is 25.6 Å². The summed E-state index contributed by atoms with van der Waals surface area (Å²) in [4.78, 5) is 10.7. The first-order valence-corrected chi connectivity index (χ1v) is 4.80. The number of carbonyl (C=O) groups is 1. The second kappa shape index (κ2) is 3.98. The summed E-state index contributed by atoms with van der Waals surface area (Å²) in [6.45, 7) is 0.150. The van der Waals surface area contributed by atoms with Crippen LogP contribution in [0.1, 0.15) is 28.8 Å². The van der Waals surface area contributed by atoms with Gasteiger partial charge in [0.15, 0.2) is 0 Å². The van der Waals surface area contributed by atoms with Gasteiger partial charge in [-0.1, -0.05) is 0 Å². The highest BCUT2D eigenvalue weighted by molar-refractivity contribution is 5.87. The molecule has 1 N–H and O–H groups in total. The normalized spacial score (nSPS) is 15.3. The van der Waals surface area contributed by atoms with E-state index in [1.165, 1.54) is 12.1 Å². The number of halogens is 1. The molecule has 1 aliphatic rings. The summed E-state index contributed by atoms with van der Waals surface area (Å²) in [6.07, 6.45) is 2.26. The van der Waals surface area contributed by atoms with E-state index >= 15 is 0 Å². The van der Waals surface area contributed by atoms with Gasteiger partial charge in [0.25, 0.3) is 0 Å². The number of carboxylic acids is 1. The maximum Gasteiger partial charge on any atom is 0.335 e. The fraction of sp³-hybridized carbons (Fsp3) is 0.364. The Kier molecular flexibility index (Phi) is 2.68. The van der Waals surface area contributed by atoms with Crippen LogP contribution in [0.3, 0.4) is 0 Å². The van der Waals surface area contributed by atoms with Crippen LogP contribution in [0.15, 0.2) is 18.2 Å². The molecule has 3 nitrogen and oxygen atoms in total. The molecule has 0 spiro atoms. The van der Waals surface area contributed by atoms with Gasteiger partial charge in [0.05, 0.1) is 18.3 Å². The molecule has 2 rings (SSSR count). The summed E-state index contributed by atoms with van der Waals surface area (Å²) in [7, 11) is 0. The van der Waals surface area contributed by atoms with E-state index < -0.39 is 11.8 Å². The van der Waals surface area contributed by atoms with Crippen molar-refractivity contribution < 1.29 is 19.0 Å². The molecule has 1 aromatic carbocycles. The zero-order chi connectivity index (χ0) is 10.8. The topological polar surface area (TPSA) is 46.5 Å². The highest BCUT2D eigenvalue weighted by Crippen LogP contribution is 2.25. The molecule has 0 atom stereocenters. The van der Waals surface area contributed by atoms with Gasteiger partial charge in [-0.05, 0) is 31.0 Å². The van der Waals surface area contributed by atoms with E-state index in [1.54, 1.807) is 0 Å². The first kappa shape index (κ1) is 10.1. The van der Waals surface area contributed by atoms with Crippen LogP contribution in [0.25, 0.3) is 0 Å². The van der Waals surface area contributed by atoms with Crippen molar-refractivity contribution in [1.29, 1.82) is 0 Å².